The molecule has 0 saturated carbocycles. The van der Waals surface area contributed by atoms with E-state index in [-0.39, 0.29) is 6.03 Å². The van der Waals surface area contributed by atoms with Crippen LogP contribution in [0.25, 0.3) is 0 Å². The predicted octanol–water partition coefficient (Wildman–Crippen LogP) is 4.36. The molecule has 1 heterocycles. The lowest BCUT2D eigenvalue weighted by Crippen LogP contribution is -2.30. The average Bonchev–Trinajstić information content (AvgIpc) is 2.77. The zero-order valence-electron chi connectivity index (χ0n) is 10.2. The minimum atomic E-state index is -0.213. The molecule has 2 amide bonds. The van der Waals surface area contributed by atoms with Crippen LogP contribution in [0.15, 0.2) is 45.5 Å². The molecule has 4 nitrogen and oxygen atoms in total. The van der Waals surface area contributed by atoms with Crippen molar-refractivity contribution in [2.75, 3.05) is 12.4 Å². The Morgan fingerprint density at radius 3 is 2.58 bits per heavy atom. The number of rotatable bonds is 3. The number of amides is 2. The van der Waals surface area contributed by atoms with Crippen LogP contribution in [-0.4, -0.2) is 18.0 Å². The summed E-state index contributed by atoms with van der Waals surface area (Å²) in [5, 5.41) is 3.40. The Morgan fingerprint density at radius 2 is 2.00 bits per heavy atom. The first-order valence-corrected chi connectivity index (χ1v) is 6.73. The number of nitrogens with one attached hydrogen (secondary N) is 1. The Labute approximate surface area is 124 Å². The molecule has 0 bridgehead atoms. The highest BCUT2D eigenvalue weighted by atomic mass is 79.9. The second kappa shape index (κ2) is 6.12. The Bertz CT molecular complexity index is 568. The molecule has 0 aliphatic carbocycles. The smallest absolute Gasteiger partial charge is 0.321 e. The quantitative estimate of drug-likeness (QED) is 0.900. The van der Waals surface area contributed by atoms with E-state index >= 15 is 0 Å². The number of carbonyl (C=O) groups excluding carboxylic acids is 1. The molecule has 0 radical (unpaired) electrons. The highest BCUT2D eigenvalue weighted by Gasteiger charge is 2.11. The van der Waals surface area contributed by atoms with E-state index in [1.54, 1.807) is 37.4 Å². The van der Waals surface area contributed by atoms with Crippen LogP contribution in [0.3, 0.4) is 0 Å². The van der Waals surface area contributed by atoms with E-state index < -0.39 is 0 Å². The van der Waals surface area contributed by atoms with Gasteiger partial charge in [0.2, 0.25) is 0 Å². The molecule has 0 unspecified atom stereocenters. The fourth-order valence-corrected chi connectivity index (χ4v) is 1.96. The standard InChI is InChI=1S/C13H12BrClN2O2/c1-17(8-11-6-7-12(14)19-11)13(18)16-10-4-2-9(15)3-5-10/h2-7H,8H2,1H3,(H,16,18). The predicted molar refractivity (Wildman–Crippen MR) is 78.3 cm³/mol. The Balaban J connectivity index is 1.94. The Morgan fingerprint density at radius 1 is 1.32 bits per heavy atom. The molecule has 19 heavy (non-hydrogen) atoms. The van der Waals surface area contributed by atoms with Gasteiger partial charge < -0.3 is 14.6 Å². The fraction of sp³-hybridized carbons (Fsp3) is 0.154. The Kier molecular flexibility index (Phi) is 4.50. The van der Waals surface area contributed by atoms with Crippen molar-refractivity contribution in [2.45, 2.75) is 6.54 Å². The third-order valence-electron chi connectivity index (χ3n) is 2.46. The van der Waals surface area contributed by atoms with Crippen LogP contribution in [0.2, 0.25) is 5.02 Å². The maximum atomic E-state index is 11.9. The van der Waals surface area contributed by atoms with Crippen molar-refractivity contribution >= 4 is 39.2 Å². The average molecular weight is 344 g/mol. The van der Waals surface area contributed by atoms with Crippen LogP contribution in [0, 0.1) is 0 Å². The number of halogens is 2. The van der Waals surface area contributed by atoms with E-state index in [4.69, 9.17) is 16.0 Å². The van der Waals surface area contributed by atoms with Gasteiger partial charge in [-0.05, 0) is 52.3 Å². The lowest BCUT2D eigenvalue weighted by Gasteiger charge is -2.16. The first-order chi connectivity index (χ1) is 9.04. The topological polar surface area (TPSA) is 45.5 Å². The lowest BCUT2D eigenvalue weighted by atomic mass is 10.3. The zero-order valence-corrected chi connectivity index (χ0v) is 12.5. The molecule has 0 atom stereocenters. The number of urea groups is 1. The summed E-state index contributed by atoms with van der Waals surface area (Å²) in [6, 6.07) is 10.3. The van der Waals surface area contributed by atoms with Crippen LogP contribution >= 0.6 is 27.5 Å². The molecule has 0 saturated heterocycles. The molecule has 0 spiro atoms. The normalized spacial score (nSPS) is 10.3. The molecule has 0 aliphatic rings. The van der Waals surface area contributed by atoms with Gasteiger partial charge >= 0.3 is 6.03 Å². The molecule has 1 aromatic carbocycles. The Hall–Kier alpha value is -1.46. The van der Waals surface area contributed by atoms with Crippen LogP contribution in [-0.2, 0) is 6.54 Å². The van der Waals surface area contributed by atoms with E-state index in [1.165, 1.54) is 4.90 Å². The van der Waals surface area contributed by atoms with Crippen LogP contribution in [0.5, 0.6) is 0 Å². The fourth-order valence-electron chi connectivity index (χ4n) is 1.49. The van der Waals surface area contributed by atoms with E-state index in [1.807, 2.05) is 6.07 Å². The number of nitrogens with zero attached hydrogens (tertiary/aromatic N) is 1. The van der Waals surface area contributed by atoms with Crippen molar-refractivity contribution in [1.82, 2.24) is 4.90 Å². The van der Waals surface area contributed by atoms with E-state index in [0.29, 0.717) is 27.7 Å². The number of carbonyl (C=O) groups is 1. The van der Waals surface area contributed by atoms with Crippen LogP contribution < -0.4 is 5.32 Å². The minimum Gasteiger partial charge on any atom is -0.452 e. The van der Waals surface area contributed by atoms with Gasteiger partial charge in [-0.25, -0.2) is 4.79 Å². The van der Waals surface area contributed by atoms with Gasteiger partial charge in [-0.3, -0.25) is 0 Å². The molecule has 6 heteroatoms. The summed E-state index contributed by atoms with van der Waals surface area (Å²) in [7, 11) is 1.70. The molecule has 2 aromatic rings. The highest BCUT2D eigenvalue weighted by molar-refractivity contribution is 9.10. The van der Waals surface area contributed by atoms with E-state index in [9.17, 15) is 4.79 Å². The second-order valence-corrected chi connectivity index (χ2v) is 5.22. The third-order valence-corrected chi connectivity index (χ3v) is 3.14. The van der Waals surface area contributed by atoms with Crippen molar-refractivity contribution in [1.29, 1.82) is 0 Å². The van der Waals surface area contributed by atoms with Crippen molar-refractivity contribution in [3.05, 3.63) is 51.9 Å². The maximum absolute atomic E-state index is 11.9. The van der Waals surface area contributed by atoms with Crippen molar-refractivity contribution in [2.24, 2.45) is 0 Å². The van der Waals surface area contributed by atoms with Gasteiger partial charge in [0.1, 0.15) is 5.76 Å². The van der Waals surface area contributed by atoms with Crippen molar-refractivity contribution in [3.63, 3.8) is 0 Å². The largest absolute Gasteiger partial charge is 0.452 e. The van der Waals surface area contributed by atoms with Gasteiger partial charge in [0.15, 0.2) is 4.67 Å². The third kappa shape index (κ3) is 4.01. The van der Waals surface area contributed by atoms with E-state index in [0.717, 1.165) is 0 Å². The SMILES string of the molecule is CN(Cc1ccc(Br)o1)C(=O)Nc1ccc(Cl)cc1. The molecule has 100 valence electrons. The summed E-state index contributed by atoms with van der Waals surface area (Å²) in [5.74, 6) is 0.709. The number of benzene rings is 1. The van der Waals surface area contributed by atoms with E-state index in [2.05, 4.69) is 21.2 Å². The van der Waals surface area contributed by atoms with Crippen LogP contribution in [0.4, 0.5) is 10.5 Å². The minimum absolute atomic E-state index is 0.213. The molecular formula is C13H12BrClN2O2. The zero-order chi connectivity index (χ0) is 13.8. The number of furan rings is 1. The first kappa shape index (κ1) is 14.0. The van der Waals surface area contributed by atoms with Gasteiger partial charge in [0.25, 0.3) is 0 Å². The van der Waals surface area contributed by atoms with Gasteiger partial charge in [-0.15, -0.1) is 0 Å². The molecule has 0 fully saturated rings. The second-order valence-electron chi connectivity index (χ2n) is 4.00. The number of hydrogen-bond donors (Lipinski definition) is 1. The highest BCUT2D eigenvalue weighted by Crippen LogP contribution is 2.16. The molecule has 0 aliphatic heterocycles. The molecular weight excluding hydrogens is 332 g/mol. The monoisotopic (exact) mass is 342 g/mol. The number of anilines is 1. The summed E-state index contributed by atoms with van der Waals surface area (Å²) in [6.07, 6.45) is 0. The molecule has 1 N–H and O–H groups in total. The van der Waals surface area contributed by atoms with Crippen molar-refractivity contribution in [3.8, 4) is 0 Å². The molecule has 2 rings (SSSR count). The summed E-state index contributed by atoms with van der Waals surface area (Å²) in [5.41, 5.74) is 0.696. The van der Waals surface area contributed by atoms with Gasteiger partial charge in [0, 0.05) is 17.8 Å². The summed E-state index contributed by atoms with van der Waals surface area (Å²) in [6.45, 7) is 0.394. The first-order valence-electron chi connectivity index (χ1n) is 5.56. The maximum Gasteiger partial charge on any atom is 0.321 e. The summed E-state index contributed by atoms with van der Waals surface area (Å²) in [4.78, 5) is 13.5. The van der Waals surface area contributed by atoms with Gasteiger partial charge in [-0.1, -0.05) is 11.6 Å². The number of hydrogen-bond acceptors (Lipinski definition) is 2. The van der Waals surface area contributed by atoms with Gasteiger partial charge in [0.05, 0.1) is 6.54 Å². The van der Waals surface area contributed by atoms with Gasteiger partial charge in [-0.2, -0.15) is 0 Å². The summed E-state index contributed by atoms with van der Waals surface area (Å²) < 4.78 is 6.00. The van der Waals surface area contributed by atoms with Crippen LogP contribution in [0.1, 0.15) is 5.76 Å². The summed E-state index contributed by atoms with van der Waals surface area (Å²) >= 11 is 9.00. The molecule has 1 aromatic heterocycles. The lowest BCUT2D eigenvalue weighted by molar-refractivity contribution is 0.216. The van der Waals surface area contributed by atoms with Crippen molar-refractivity contribution < 1.29 is 9.21 Å².